The third-order valence-corrected chi connectivity index (χ3v) is 2.96. The maximum absolute atomic E-state index is 11.6. The van der Waals surface area contributed by atoms with E-state index in [1.54, 1.807) is 6.92 Å². The predicted octanol–water partition coefficient (Wildman–Crippen LogP) is 2.50. The van der Waals surface area contributed by atoms with Gasteiger partial charge < -0.3 is 10.4 Å². The molecule has 1 aromatic carbocycles. The average Bonchev–Trinajstić information content (AvgIpc) is 2.30. The zero-order chi connectivity index (χ0) is 14.3. The van der Waals surface area contributed by atoms with Crippen molar-refractivity contribution in [3.63, 3.8) is 0 Å². The number of carboxylic acid groups (broad SMARTS) is 1. The summed E-state index contributed by atoms with van der Waals surface area (Å²) in [6, 6.07) is 7.46. The van der Waals surface area contributed by atoms with Crippen molar-refractivity contribution in [1.82, 2.24) is 5.32 Å². The van der Waals surface area contributed by atoms with Crippen LogP contribution in [0.15, 0.2) is 24.3 Å². The summed E-state index contributed by atoms with van der Waals surface area (Å²) in [5.41, 5.74) is 1.10. The van der Waals surface area contributed by atoms with Gasteiger partial charge in [0, 0.05) is 24.4 Å². The first-order valence-corrected chi connectivity index (χ1v) is 6.58. The van der Waals surface area contributed by atoms with Gasteiger partial charge >= 0.3 is 5.97 Å². The SMILES string of the molecule is CC(CC(=O)O)CC(=O)NCCc1ccc(Cl)cc1. The lowest BCUT2D eigenvalue weighted by atomic mass is 10.0. The molecule has 104 valence electrons. The standard InChI is InChI=1S/C14H18ClNO3/c1-10(9-14(18)19)8-13(17)16-7-6-11-2-4-12(15)5-3-11/h2-5,10H,6-9H2,1H3,(H,16,17)(H,18,19). The molecule has 2 N–H and O–H groups in total. The van der Waals surface area contributed by atoms with E-state index in [1.165, 1.54) is 0 Å². The number of amides is 1. The molecule has 0 aliphatic carbocycles. The average molecular weight is 284 g/mol. The number of hydrogen-bond donors (Lipinski definition) is 2. The van der Waals surface area contributed by atoms with Gasteiger partial charge in [0.2, 0.25) is 5.91 Å². The molecule has 0 radical (unpaired) electrons. The van der Waals surface area contributed by atoms with Gasteiger partial charge in [-0.3, -0.25) is 9.59 Å². The molecule has 0 saturated heterocycles. The first-order chi connectivity index (χ1) is 8.97. The minimum Gasteiger partial charge on any atom is -0.481 e. The fourth-order valence-electron chi connectivity index (χ4n) is 1.76. The highest BCUT2D eigenvalue weighted by molar-refractivity contribution is 6.30. The first-order valence-electron chi connectivity index (χ1n) is 6.20. The van der Waals surface area contributed by atoms with Crippen LogP contribution in [-0.4, -0.2) is 23.5 Å². The van der Waals surface area contributed by atoms with Crippen LogP contribution in [0.4, 0.5) is 0 Å². The normalized spacial score (nSPS) is 11.9. The second-order valence-corrected chi connectivity index (χ2v) is 5.07. The van der Waals surface area contributed by atoms with Crippen LogP contribution in [0.5, 0.6) is 0 Å². The zero-order valence-corrected chi connectivity index (χ0v) is 11.6. The molecular formula is C14H18ClNO3. The van der Waals surface area contributed by atoms with E-state index in [0.717, 1.165) is 12.0 Å². The lowest BCUT2D eigenvalue weighted by Gasteiger charge is -2.09. The largest absolute Gasteiger partial charge is 0.481 e. The third kappa shape index (κ3) is 6.82. The van der Waals surface area contributed by atoms with E-state index in [2.05, 4.69) is 5.32 Å². The Bertz CT molecular complexity index is 431. The van der Waals surface area contributed by atoms with Crippen LogP contribution in [0, 0.1) is 5.92 Å². The van der Waals surface area contributed by atoms with Crippen LogP contribution < -0.4 is 5.32 Å². The summed E-state index contributed by atoms with van der Waals surface area (Å²) in [5.74, 6) is -1.13. The minimum absolute atomic E-state index is 0.0185. The smallest absolute Gasteiger partial charge is 0.303 e. The number of nitrogens with one attached hydrogen (secondary N) is 1. The Labute approximate surface area is 117 Å². The Morgan fingerprint density at radius 3 is 2.47 bits per heavy atom. The Morgan fingerprint density at radius 1 is 1.26 bits per heavy atom. The molecule has 1 unspecified atom stereocenters. The van der Waals surface area contributed by atoms with Crippen LogP contribution in [-0.2, 0) is 16.0 Å². The summed E-state index contributed by atoms with van der Waals surface area (Å²) < 4.78 is 0. The number of halogens is 1. The van der Waals surface area contributed by atoms with Gasteiger partial charge in [0.25, 0.3) is 0 Å². The predicted molar refractivity (Wildman–Crippen MR) is 74.2 cm³/mol. The summed E-state index contributed by atoms with van der Waals surface area (Å²) in [6.45, 7) is 2.30. The highest BCUT2D eigenvalue weighted by atomic mass is 35.5. The number of rotatable bonds is 7. The molecule has 0 bridgehead atoms. The van der Waals surface area contributed by atoms with Crippen LogP contribution in [0.25, 0.3) is 0 Å². The van der Waals surface area contributed by atoms with Gasteiger partial charge in [-0.2, -0.15) is 0 Å². The van der Waals surface area contributed by atoms with Crippen LogP contribution in [0.2, 0.25) is 5.02 Å². The molecule has 1 amide bonds. The van der Waals surface area contributed by atoms with Gasteiger partial charge in [-0.25, -0.2) is 0 Å². The maximum atomic E-state index is 11.6. The molecule has 4 nitrogen and oxygen atoms in total. The summed E-state index contributed by atoms with van der Waals surface area (Å²) >= 11 is 5.78. The quantitative estimate of drug-likeness (QED) is 0.808. The van der Waals surface area contributed by atoms with E-state index in [9.17, 15) is 9.59 Å². The number of hydrogen-bond acceptors (Lipinski definition) is 2. The monoisotopic (exact) mass is 283 g/mol. The van der Waals surface area contributed by atoms with Gasteiger partial charge in [-0.1, -0.05) is 30.7 Å². The fourth-order valence-corrected chi connectivity index (χ4v) is 1.88. The molecule has 0 aliphatic heterocycles. The third-order valence-electron chi connectivity index (χ3n) is 2.71. The summed E-state index contributed by atoms with van der Waals surface area (Å²) in [4.78, 5) is 22.0. The van der Waals surface area contributed by atoms with E-state index in [1.807, 2.05) is 24.3 Å². The first kappa shape index (κ1) is 15.5. The van der Waals surface area contributed by atoms with Crippen molar-refractivity contribution in [2.24, 2.45) is 5.92 Å². The highest BCUT2D eigenvalue weighted by Gasteiger charge is 2.12. The Balaban J connectivity index is 2.23. The maximum Gasteiger partial charge on any atom is 0.303 e. The zero-order valence-electron chi connectivity index (χ0n) is 10.9. The van der Waals surface area contributed by atoms with Crippen molar-refractivity contribution in [2.45, 2.75) is 26.2 Å². The van der Waals surface area contributed by atoms with Crippen LogP contribution in [0.1, 0.15) is 25.3 Å². The topological polar surface area (TPSA) is 66.4 Å². The Morgan fingerprint density at radius 2 is 1.89 bits per heavy atom. The van der Waals surface area contributed by atoms with Crippen molar-refractivity contribution in [2.75, 3.05) is 6.54 Å². The molecule has 0 aliphatic rings. The molecule has 19 heavy (non-hydrogen) atoms. The molecular weight excluding hydrogens is 266 g/mol. The molecule has 0 fully saturated rings. The molecule has 0 spiro atoms. The van der Waals surface area contributed by atoms with Crippen molar-refractivity contribution >= 4 is 23.5 Å². The van der Waals surface area contributed by atoms with Gasteiger partial charge in [-0.05, 0) is 30.0 Å². The second kappa shape index (κ2) is 7.79. The molecule has 0 aromatic heterocycles. The number of carbonyl (C=O) groups is 2. The second-order valence-electron chi connectivity index (χ2n) is 4.63. The van der Waals surface area contributed by atoms with E-state index >= 15 is 0 Å². The Kier molecular flexibility index (Phi) is 6.36. The fraction of sp³-hybridized carbons (Fsp3) is 0.429. The van der Waals surface area contributed by atoms with Gasteiger partial charge in [0.15, 0.2) is 0 Å². The van der Waals surface area contributed by atoms with Crippen molar-refractivity contribution in [1.29, 1.82) is 0 Å². The van der Waals surface area contributed by atoms with Gasteiger partial charge in [-0.15, -0.1) is 0 Å². The molecule has 1 atom stereocenters. The molecule has 5 heteroatoms. The van der Waals surface area contributed by atoms with Crippen molar-refractivity contribution in [3.8, 4) is 0 Å². The van der Waals surface area contributed by atoms with E-state index in [0.29, 0.717) is 11.6 Å². The lowest BCUT2D eigenvalue weighted by Crippen LogP contribution is -2.27. The van der Waals surface area contributed by atoms with E-state index in [4.69, 9.17) is 16.7 Å². The molecule has 0 saturated carbocycles. The molecule has 0 heterocycles. The van der Waals surface area contributed by atoms with Crippen molar-refractivity contribution in [3.05, 3.63) is 34.9 Å². The molecule has 1 aromatic rings. The van der Waals surface area contributed by atoms with E-state index in [-0.39, 0.29) is 24.7 Å². The summed E-state index contributed by atoms with van der Waals surface area (Å²) in [6.07, 6.45) is 0.994. The van der Waals surface area contributed by atoms with Gasteiger partial charge in [0.05, 0.1) is 0 Å². The minimum atomic E-state index is -0.874. The highest BCUT2D eigenvalue weighted by Crippen LogP contribution is 2.10. The number of carboxylic acids is 1. The van der Waals surface area contributed by atoms with Crippen LogP contribution in [0.3, 0.4) is 0 Å². The van der Waals surface area contributed by atoms with Crippen molar-refractivity contribution < 1.29 is 14.7 Å². The summed E-state index contributed by atoms with van der Waals surface area (Å²) in [5, 5.41) is 12.1. The Hall–Kier alpha value is -1.55. The number of benzene rings is 1. The van der Waals surface area contributed by atoms with Gasteiger partial charge in [0.1, 0.15) is 0 Å². The number of carbonyl (C=O) groups excluding carboxylic acids is 1. The number of aliphatic carboxylic acids is 1. The molecule has 1 rings (SSSR count). The lowest BCUT2D eigenvalue weighted by molar-refractivity contribution is -0.138. The van der Waals surface area contributed by atoms with Crippen LogP contribution >= 0.6 is 11.6 Å². The summed E-state index contributed by atoms with van der Waals surface area (Å²) in [7, 11) is 0. The van der Waals surface area contributed by atoms with E-state index < -0.39 is 5.97 Å².